The summed E-state index contributed by atoms with van der Waals surface area (Å²) in [7, 11) is 1.33. The summed E-state index contributed by atoms with van der Waals surface area (Å²) >= 11 is 0. The Balaban J connectivity index is 2.28. The van der Waals surface area contributed by atoms with E-state index in [1.165, 1.54) is 7.11 Å². The third-order valence-electron chi connectivity index (χ3n) is 3.55. The summed E-state index contributed by atoms with van der Waals surface area (Å²) in [4.78, 5) is 20.3. The maximum Gasteiger partial charge on any atom is 0.337 e. The van der Waals surface area contributed by atoms with Crippen molar-refractivity contribution in [3.8, 4) is 0 Å². The van der Waals surface area contributed by atoms with Crippen LogP contribution in [0.15, 0.2) is 24.5 Å². The first-order chi connectivity index (χ1) is 10.8. The number of hydrogen-bond donors (Lipinski definition) is 2. The lowest BCUT2D eigenvalue weighted by atomic mass is 10.1. The molecule has 0 bridgehead atoms. The molecule has 0 aliphatic heterocycles. The molecule has 3 rings (SSSR count). The Morgan fingerprint density at radius 3 is 2.83 bits per heavy atom. The average Bonchev–Trinajstić information content (AvgIpc) is 2.88. The summed E-state index contributed by atoms with van der Waals surface area (Å²) < 4.78 is 6.57. The van der Waals surface area contributed by atoms with Crippen LogP contribution in [0.2, 0.25) is 0 Å². The number of nitrogens with zero attached hydrogens (tertiary/aromatic N) is 3. The number of nitrogen functional groups attached to an aromatic ring is 1. The number of carbonyl (C=O) groups excluding carboxylic acids is 1. The first kappa shape index (κ1) is 15.2. The van der Waals surface area contributed by atoms with Crippen molar-refractivity contribution in [2.45, 2.75) is 26.0 Å². The van der Waals surface area contributed by atoms with Gasteiger partial charge >= 0.3 is 5.97 Å². The highest BCUT2D eigenvalue weighted by molar-refractivity contribution is 6.08. The van der Waals surface area contributed by atoms with E-state index in [-0.39, 0.29) is 5.82 Å². The molecule has 0 atom stereocenters. The van der Waals surface area contributed by atoms with Crippen molar-refractivity contribution in [1.29, 1.82) is 0 Å². The summed E-state index contributed by atoms with van der Waals surface area (Å²) in [6.45, 7) is 3.81. The smallest absolute Gasteiger partial charge is 0.337 e. The van der Waals surface area contributed by atoms with Crippen molar-refractivity contribution < 1.29 is 14.6 Å². The minimum absolute atomic E-state index is 0.281. The van der Waals surface area contributed by atoms with Crippen LogP contribution < -0.4 is 5.73 Å². The number of esters is 1. The van der Waals surface area contributed by atoms with E-state index in [2.05, 4.69) is 9.97 Å². The van der Waals surface area contributed by atoms with E-state index in [9.17, 15) is 9.90 Å². The number of carbonyl (C=O) groups is 1. The highest BCUT2D eigenvalue weighted by Gasteiger charge is 2.19. The Labute approximate surface area is 132 Å². The monoisotopic (exact) mass is 314 g/mol. The van der Waals surface area contributed by atoms with Crippen molar-refractivity contribution >= 4 is 33.7 Å². The van der Waals surface area contributed by atoms with Gasteiger partial charge < -0.3 is 20.1 Å². The molecule has 2 heterocycles. The third-order valence-corrected chi connectivity index (χ3v) is 3.55. The van der Waals surface area contributed by atoms with E-state index in [1.54, 1.807) is 38.4 Å². The van der Waals surface area contributed by atoms with E-state index in [0.717, 1.165) is 10.9 Å². The van der Waals surface area contributed by atoms with Crippen LogP contribution in [0.3, 0.4) is 0 Å². The quantitative estimate of drug-likeness (QED) is 0.714. The minimum atomic E-state index is -0.899. The fourth-order valence-electron chi connectivity index (χ4n) is 2.64. The van der Waals surface area contributed by atoms with Gasteiger partial charge in [0.15, 0.2) is 5.82 Å². The second-order valence-electron chi connectivity index (χ2n) is 6.10. The SMILES string of the molecule is COC(=O)c1ccc2c(c1)nc(N)c1ncn(CC(C)(C)O)c12. The Kier molecular flexibility index (Phi) is 3.45. The van der Waals surface area contributed by atoms with E-state index >= 15 is 0 Å². The Hall–Kier alpha value is -2.67. The first-order valence-electron chi connectivity index (χ1n) is 7.15. The van der Waals surface area contributed by atoms with Crippen LogP contribution in [0.5, 0.6) is 0 Å². The number of benzene rings is 1. The number of imidazole rings is 1. The van der Waals surface area contributed by atoms with Crippen LogP contribution in [0.25, 0.3) is 21.9 Å². The normalized spacial score (nSPS) is 12.0. The average molecular weight is 314 g/mol. The van der Waals surface area contributed by atoms with E-state index in [0.29, 0.717) is 23.1 Å². The molecule has 1 aromatic carbocycles. The molecule has 3 aromatic rings. The van der Waals surface area contributed by atoms with E-state index in [4.69, 9.17) is 10.5 Å². The molecule has 0 unspecified atom stereocenters. The number of nitrogens with two attached hydrogens (primary N) is 1. The zero-order chi connectivity index (χ0) is 16.8. The lowest BCUT2D eigenvalue weighted by Gasteiger charge is -2.18. The van der Waals surface area contributed by atoms with Crippen molar-refractivity contribution in [3.63, 3.8) is 0 Å². The lowest BCUT2D eigenvalue weighted by Crippen LogP contribution is -2.25. The Morgan fingerprint density at radius 1 is 1.43 bits per heavy atom. The number of aromatic nitrogens is 3. The third kappa shape index (κ3) is 2.70. The molecule has 3 N–H and O–H groups in total. The molecule has 0 saturated carbocycles. The topological polar surface area (TPSA) is 103 Å². The zero-order valence-corrected chi connectivity index (χ0v) is 13.2. The van der Waals surface area contributed by atoms with Crippen molar-refractivity contribution in [1.82, 2.24) is 14.5 Å². The number of rotatable bonds is 3. The second kappa shape index (κ2) is 5.20. The minimum Gasteiger partial charge on any atom is -0.465 e. The molecule has 7 nitrogen and oxygen atoms in total. The van der Waals surface area contributed by atoms with Crippen molar-refractivity contribution in [2.24, 2.45) is 0 Å². The van der Waals surface area contributed by atoms with Crippen LogP contribution in [0.4, 0.5) is 5.82 Å². The number of hydrogen-bond acceptors (Lipinski definition) is 6. The number of ether oxygens (including phenoxy) is 1. The number of fused-ring (bicyclic) bond motifs is 3. The van der Waals surface area contributed by atoms with Gasteiger partial charge in [-0.25, -0.2) is 14.8 Å². The van der Waals surface area contributed by atoms with E-state index in [1.807, 2.05) is 4.57 Å². The molecule has 0 spiro atoms. The van der Waals surface area contributed by atoms with Gasteiger partial charge in [-0.15, -0.1) is 0 Å². The van der Waals surface area contributed by atoms with Crippen molar-refractivity contribution in [2.75, 3.05) is 12.8 Å². The Bertz CT molecular complexity index is 909. The molecule has 0 saturated heterocycles. The molecule has 0 amide bonds. The van der Waals surface area contributed by atoms with Crippen LogP contribution in [0, 0.1) is 0 Å². The molecule has 2 aromatic heterocycles. The number of pyridine rings is 1. The van der Waals surface area contributed by atoms with Crippen LogP contribution in [-0.4, -0.2) is 38.3 Å². The molecule has 0 fully saturated rings. The Morgan fingerprint density at radius 2 is 2.17 bits per heavy atom. The van der Waals surface area contributed by atoms with Gasteiger partial charge in [-0.1, -0.05) is 0 Å². The highest BCUT2D eigenvalue weighted by Crippen LogP contribution is 2.28. The van der Waals surface area contributed by atoms with Gasteiger partial charge in [0.2, 0.25) is 0 Å². The number of anilines is 1. The number of methoxy groups -OCH3 is 1. The van der Waals surface area contributed by atoms with Crippen molar-refractivity contribution in [3.05, 3.63) is 30.1 Å². The fourth-order valence-corrected chi connectivity index (χ4v) is 2.64. The molecule has 0 aliphatic rings. The maximum atomic E-state index is 11.7. The lowest BCUT2D eigenvalue weighted by molar-refractivity contribution is 0.0599. The number of aliphatic hydroxyl groups is 1. The molecular weight excluding hydrogens is 296 g/mol. The predicted molar refractivity (Wildman–Crippen MR) is 87.1 cm³/mol. The summed E-state index contributed by atoms with van der Waals surface area (Å²) in [6, 6.07) is 5.10. The maximum absolute atomic E-state index is 11.7. The molecule has 7 heteroatoms. The fraction of sp³-hybridized carbons (Fsp3) is 0.312. The summed E-state index contributed by atoms with van der Waals surface area (Å²) in [5.41, 5.74) is 7.44. The first-order valence-corrected chi connectivity index (χ1v) is 7.15. The van der Waals surface area contributed by atoms with Crippen LogP contribution >= 0.6 is 0 Å². The molecular formula is C16H18N4O3. The summed E-state index contributed by atoms with van der Waals surface area (Å²) in [5, 5.41) is 10.9. The summed E-state index contributed by atoms with van der Waals surface area (Å²) in [5.74, 6) is -0.152. The standard InChI is InChI=1S/C16H18N4O3/c1-16(2,22)7-20-8-18-12-13(20)10-5-4-9(15(21)23-3)6-11(10)19-14(12)17/h4-6,8,22H,7H2,1-3H3,(H2,17,19). The van der Waals surface area contributed by atoms with Gasteiger partial charge in [-0.2, -0.15) is 0 Å². The molecule has 0 aliphatic carbocycles. The van der Waals surface area contributed by atoms with Gasteiger partial charge in [-0.3, -0.25) is 0 Å². The van der Waals surface area contributed by atoms with Gasteiger partial charge in [0, 0.05) is 5.39 Å². The largest absolute Gasteiger partial charge is 0.465 e. The highest BCUT2D eigenvalue weighted by atomic mass is 16.5. The van der Waals surface area contributed by atoms with Crippen LogP contribution in [-0.2, 0) is 11.3 Å². The zero-order valence-electron chi connectivity index (χ0n) is 13.2. The second-order valence-corrected chi connectivity index (χ2v) is 6.10. The van der Waals surface area contributed by atoms with Gasteiger partial charge in [0.25, 0.3) is 0 Å². The van der Waals surface area contributed by atoms with Gasteiger partial charge in [-0.05, 0) is 32.0 Å². The predicted octanol–water partition coefficient (Wildman–Crippen LogP) is 1.72. The van der Waals surface area contributed by atoms with Gasteiger partial charge in [0.1, 0.15) is 5.52 Å². The van der Waals surface area contributed by atoms with Gasteiger partial charge in [0.05, 0.1) is 42.2 Å². The molecule has 0 radical (unpaired) electrons. The van der Waals surface area contributed by atoms with Crippen LogP contribution in [0.1, 0.15) is 24.2 Å². The summed E-state index contributed by atoms with van der Waals surface area (Å²) in [6.07, 6.45) is 1.63. The molecule has 23 heavy (non-hydrogen) atoms. The van der Waals surface area contributed by atoms with E-state index < -0.39 is 11.6 Å². The molecule has 120 valence electrons.